The molecule has 1 fully saturated rings. The fourth-order valence-electron chi connectivity index (χ4n) is 2.25. The molecule has 1 heteroatoms. The van der Waals surface area contributed by atoms with Gasteiger partial charge in [0.15, 0.2) is 0 Å². The van der Waals surface area contributed by atoms with Crippen molar-refractivity contribution in [1.82, 2.24) is 0 Å². The Bertz CT molecular complexity index is 149. The highest BCUT2D eigenvalue weighted by Gasteiger charge is 2.33. The highest BCUT2D eigenvalue weighted by Crippen LogP contribution is 2.43. The molecule has 1 aliphatic rings. The minimum atomic E-state index is 0.299. The third-order valence-corrected chi connectivity index (χ3v) is 3.40. The van der Waals surface area contributed by atoms with Crippen LogP contribution in [0, 0.1) is 10.8 Å². The summed E-state index contributed by atoms with van der Waals surface area (Å²) in [5, 5.41) is 9.41. The molecule has 0 aliphatic heterocycles. The van der Waals surface area contributed by atoms with Crippen molar-refractivity contribution in [3.63, 3.8) is 0 Å². The van der Waals surface area contributed by atoms with Gasteiger partial charge < -0.3 is 5.11 Å². The first-order valence-electron chi connectivity index (χ1n) is 5.58. The predicted octanol–water partition coefficient (Wildman–Crippen LogP) is 3.37. The zero-order valence-corrected chi connectivity index (χ0v) is 9.40. The molecule has 0 atom stereocenters. The zero-order chi connectivity index (χ0) is 9.95. The lowest BCUT2D eigenvalue weighted by Crippen LogP contribution is -2.23. The van der Waals surface area contributed by atoms with Crippen LogP contribution in [0.25, 0.3) is 0 Å². The van der Waals surface area contributed by atoms with Crippen LogP contribution in [0.2, 0.25) is 0 Å². The summed E-state index contributed by atoms with van der Waals surface area (Å²) in [7, 11) is 0. The zero-order valence-electron chi connectivity index (χ0n) is 9.40. The van der Waals surface area contributed by atoms with E-state index in [4.69, 9.17) is 0 Å². The Balaban J connectivity index is 2.40. The van der Waals surface area contributed by atoms with Gasteiger partial charge in [-0.25, -0.2) is 0 Å². The second-order valence-corrected chi connectivity index (χ2v) is 5.93. The largest absolute Gasteiger partial charge is 0.396 e. The van der Waals surface area contributed by atoms with Crippen LogP contribution in [0.1, 0.15) is 59.3 Å². The predicted molar refractivity (Wildman–Crippen MR) is 56.7 cm³/mol. The minimum Gasteiger partial charge on any atom is -0.396 e. The maximum absolute atomic E-state index is 9.41. The van der Waals surface area contributed by atoms with Gasteiger partial charge in [0.1, 0.15) is 0 Å². The van der Waals surface area contributed by atoms with Crippen LogP contribution in [-0.4, -0.2) is 11.7 Å². The maximum Gasteiger partial charge on any atom is 0.0487 e. The number of aliphatic hydroxyl groups excluding tert-OH is 1. The summed E-state index contributed by atoms with van der Waals surface area (Å²) in [6, 6.07) is 0. The van der Waals surface area contributed by atoms with Gasteiger partial charge in [0.2, 0.25) is 0 Å². The van der Waals surface area contributed by atoms with E-state index in [0.717, 1.165) is 0 Å². The van der Waals surface area contributed by atoms with E-state index in [9.17, 15) is 5.11 Å². The van der Waals surface area contributed by atoms with E-state index in [-0.39, 0.29) is 0 Å². The lowest BCUT2D eigenvalue weighted by atomic mass is 9.77. The van der Waals surface area contributed by atoms with Gasteiger partial charge in [-0.05, 0) is 36.5 Å². The van der Waals surface area contributed by atoms with Gasteiger partial charge >= 0.3 is 0 Å². The molecule has 1 aliphatic carbocycles. The van der Waals surface area contributed by atoms with Crippen LogP contribution >= 0.6 is 0 Å². The summed E-state index contributed by atoms with van der Waals surface area (Å²) in [5.74, 6) is 0. The molecule has 1 nitrogen and oxygen atoms in total. The van der Waals surface area contributed by atoms with Crippen molar-refractivity contribution in [3.05, 3.63) is 0 Å². The number of rotatable bonds is 3. The lowest BCUT2D eigenvalue weighted by Gasteiger charge is -2.30. The van der Waals surface area contributed by atoms with Crippen molar-refractivity contribution in [3.8, 4) is 0 Å². The normalized spacial score (nSPS) is 22.2. The Morgan fingerprint density at radius 2 is 1.69 bits per heavy atom. The molecule has 0 aromatic rings. The van der Waals surface area contributed by atoms with E-state index < -0.39 is 0 Å². The summed E-state index contributed by atoms with van der Waals surface area (Å²) in [4.78, 5) is 0. The average molecular weight is 184 g/mol. The Kier molecular flexibility index (Phi) is 3.39. The molecule has 13 heavy (non-hydrogen) atoms. The Hall–Kier alpha value is -0.0400. The third kappa shape index (κ3) is 3.30. The van der Waals surface area contributed by atoms with Crippen LogP contribution in [-0.2, 0) is 0 Å². The topological polar surface area (TPSA) is 20.2 Å². The van der Waals surface area contributed by atoms with Crippen molar-refractivity contribution in [1.29, 1.82) is 0 Å². The second-order valence-electron chi connectivity index (χ2n) is 5.93. The highest BCUT2D eigenvalue weighted by atomic mass is 16.3. The van der Waals surface area contributed by atoms with E-state index >= 15 is 0 Å². The molecule has 0 bridgehead atoms. The molecule has 0 amide bonds. The molecule has 78 valence electrons. The molecule has 1 rings (SSSR count). The molecule has 0 radical (unpaired) electrons. The van der Waals surface area contributed by atoms with Crippen LogP contribution in [0.5, 0.6) is 0 Å². The van der Waals surface area contributed by atoms with Crippen LogP contribution in [0.3, 0.4) is 0 Å². The summed E-state index contributed by atoms with van der Waals surface area (Å²) < 4.78 is 0. The number of hydrogen-bond donors (Lipinski definition) is 1. The average Bonchev–Trinajstić information content (AvgIpc) is 2.49. The van der Waals surface area contributed by atoms with E-state index in [0.29, 0.717) is 17.4 Å². The smallest absolute Gasteiger partial charge is 0.0487 e. The summed E-state index contributed by atoms with van der Waals surface area (Å²) >= 11 is 0. The molecular weight excluding hydrogens is 160 g/mol. The van der Waals surface area contributed by atoms with Crippen LogP contribution < -0.4 is 0 Å². The van der Waals surface area contributed by atoms with Gasteiger partial charge in [0, 0.05) is 6.61 Å². The monoisotopic (exact) mass is 184 g/mol. The van der Waals surface area contributed by atoms with Gasteiger partial charge in [-0.2, -0.15) is 0 Å². The Morgan fingerprint density at radius 3 is 2.08 bits per heavy atom. The fourth-order valence-corrected chi connectivity index (χ4v) is 2.25. The SMILES string of the molecule is CC(C)(C)CCC1(CO)CCCC1. The van der Waals surface area contributed by atoms with E-state index in [1.807, 2.05) is 0 Å². The molecule has 1 N–H and O–H groups in total. The van der Waals surface area contributed by atoms with Crippen LogP contribution in [0.4, 0.5) is 0 Å². The highest BCUT2D eigenvalue weighted by molar-refractivity contribution is 4.85. The first-order valence-corrected chi connectivity index (χ1v) is 5.58. The first-order chi connectivity index (χ1) is 5.97. The van der Waals surface area contributed by atoms with Gasteiger partial charge in [-0.1, -0.05) is 33.6 Å². The molecule has 0 aromatic heterocycles. The van der Waals surface area contributed by atoms with Crippen molar-refractivity contribution >= 4 is 0 Å². The summed E-state index contributed by atoms with van der Waals surface area (Å²) in [5.41, 5.74) is 0.720. The Labute approximate surface area is 82.5 Å². The summed E-state index contributed by atoms with van der Waals surface area (Å²) in [6.45, 7) is 7.26. The molecule has 1 saturated carbocycles. The third-order valence-electron chi connectivity index (χ3n) is 3.40. The van der Waals surface area contributed by atoms with Gasteiger partial charge in [0.25, 0.3) is 0 Å². The molecule has 0 saturated heterocycles. The number of hydrogen-bond acceptors (Lipinski definition) is 1. The molecule has 0 heterocycles. The van der Waals surface area contributed by atoms with Gasteiger partial charge in [0.05, 0.1) is 0 Å². The van der Waals surface area contributed by atoms with Gasteiger partial charge in [-0.15, -0.1) is 0 Å². The first kappa shape index (κ1) is 11.0. The van der Waals surface area contributed by atoms with Crippen molar-refractivity contribution in [2.45, 2.75) is 59.3 Å². The molecule has 0 aromatic carbocycles. The second kappa shape index (κ2) is 4.00. The minimum absolute atomic E-state index is 0.299. The number of aliphatic hydroxyl groups is 1. The summed E-state index contributed by atoms with van der Waals surface area (Å²) in [6.07, 6.45) is 7.61. The van der Waals surface area contributed by atoms with Crippen molar-refractivity contribution < 1.29 is 5.11 Å². The molecule has 0 spiro atoms. The molecule has 0 unspecified atom stereocenters. The van der Waals surface area contributed by atoms with Crippen LogP contribution in [0.15, 0.2) is 0 Å². The fraction of sp³-hybridized carbons (Fsp3) is 1.00. The molecular formula is C12H24O. The van der Waals surface area contributed by atoms with Crippen molar-refractivity contribution in [2.75, 3.05) is 6.61 Å². The van der Waals surface area contributed by atoms with Crippen molar-refractivity contribution in [2.24, 2.45) is 10.8 Å². The van der Waals surface area contributed by atoms with E-state index in [1.54, 1.807) is 0 Å². The lowest BCUT2D eigenvalue weighted by molar-refractivity contribution is 0.106. The maximum atomic E-state index is 9.41. The Morgan fingerprint density at radius 1 is 1.15 bits per heavy atom. The standard InChI is InChI=1S/C12H24O/c1-11(2,3)8-9-12(10-13)6-4-5-7-12/h13H,4-10H2,1-3H3. The van der Waals surface area contributed by atoms with Gasteiger partial charge in [-0.3, -0.25) is 0 Å². The van der Waals surface area contributed by atoms with E-state index in [1.165, 1.54) is 38.5 Å². The quantitative estimate of drug-likeness (QED) is 0.713. The van der Waals surface area contributed by atoms with E-state index in [2.05, 4.69) is 20.8 Å².